The Morgan fingerprint density at radius 1 is 1.61 bits per heavy atom. The standard InChI is InChI=1S/C12H19N3O2S/c1-3-4-5-13-10(16)6-9-7-14-11(8(2)18)15-12(9)17/h7-8,18H,3-6H2,1-2H3,(H,13,16)(H,14,15,17). The molecule has 0 saturated carbocycles. The molecule has 0 aromatic carbocycles. The van der Waals surface area contributed by atoms with Crippen molar-refractivity contribution < 1.29 is 4.79 Å². The van der Waals surface area contributed by atoms with Crippen molar-refractivity contribution in [1.29, 1.82) is 0 Å². The molecule has 1 heterocycles. The second-order valence-corrected chi connectivity index (χ2v) is 4.95. The van der Waals surface area contributed by atoms with Gasteiger partial charge in [-0.2, -0.15) is 12.6 Å². The molecule has 1 unspecified atom stereocenters. The third-order valence-electron chi connectivity index (χ3n) is 2.49. The Balaban J connectivity index is 2.62. The number of carbonyl (C=O) groups is 1. The lowest BCUT2D eigenvalue weighted by atomic mass is 10.2. The van der Waals surface area contributed by atoms with Crippen LogP contribution in [0.4, 0.5) is 0 Å². The lowest BCUT2D eigenvalue weighted by molar-refractivity contribution is -0.120. The van der Waals surface area contributed by atoms with Crippen LogP contribution in [0.25, 0.3) is 0 Å². The van der Waals surface area contributed by atoms with Crippen LogP contribution in [0.3, 0.4) is 0 Å². The third-order valence-corrected chi connectivity index (χ3v) is 2.74. The molecule has 18 heavy (non-hydrogen) atoms. The molecule has 0 radical (unpaired) electrons. The summed E-state index contributed by atoms with van der Waals surface area (Å²) >= 11 is 4.18. The smallest absolute Gasteiger partial charge is 0.254 e. The molecule has 0 spiro atoms. The number of nitrogens with one attached hydrogen (secondary N) is 2. The van der Waals surface area contributed by atoms with Crippen molar-refractivity contribution in [3.05, 3.63) is 27.9 Å². The number of nitrogens with zero attached hydrogens (tertiary/aromatic N) is 1. The zero-order valence-electron chi connectivity index (χ0n) is 10.7. The molecular weight excluding hydrogens is 250 g/mol. The fourth-order valence-electron chi connectivity index (χ4n) is 1.41. The fraction of sp³-hybridized carbons (Fsp3) is 0.583. The van der Waals surface area contributed by atoms with Crippen molar-refractivity contribution in [3.63, 3.8) is 0 Å². The number of unbranched alkanes of at least 4 members (excludes halogenated alkanes) is 1. The van der Waals surface area contributed by atoms with Crippen LogP contribution in [0.15, 0.2) is 11.0 Å². The minimum atomic E-state index is -0.272. The van der Waals surface area contributed by atoms with Crippen LogP contribution in [0.2, 0.25) is 0 Å². The topological polar surface area (TPSA) is 74.8 Å². The molecule has 0 saturated heterocycles. The average Bonchev–Trinajstić information content (AvgIpc) is 2.32. The normalized spacial score (nSPS) is 12.2. The first kappa shape index (κ1) is 14.8. The van der Waals surface area contributed by atoms with E-state index in [0.29, 0.717) is 17.9 Å². The van der Waals surface area contributed by atoms with Gasteiger partial charge < -0.3 is 10.3 Å². The largest absolute Gasteiger partial charge is 0.356 e. The van der Waals surface area contributed by atoms with Crippen LogP contribution in [0, 0.1) is 0 Å². The summed E-state index contributed by atoms with van der Waals surface area (Å²) in [6.07, 6.45) is 3.47. The van der Waals surface area contributed by atoms with Gasteiger partial charge in [-0.1, -0.05) is 13.3 Å². The summed E-state index contributed by atoms with van der Waals surface area (Å²) in [5, 5.41) is 2.63. The molecule has 2 N–H and O–H groups in total. The number of carbonyl (C=O) groups excluding carboxylic acids is 1. The second-order valence-electron chi connectivity index (χ2n) is 4.18. The van der Waals surface area contributed by atoms with Gasteiger partial charge in [0.15, 0.2) is 0 Å². The van der Waals surface area contributed by atoms with E-state index in [-0.39, 0.29) is 23.1 Å². The van der Waals surface area contributed by atoms with Crippen molar-refractivity contribution in [1.82, 2.24) is 15.3 Å². The van der Waals surface area contributed by atoms with Gasteiger partial charge in [-0.05, 0) is 13.3 Å². The number of hydrogen-bond acceptors (Lipinski definition) is 4. The molecule has 0 bridgehead atoms. The van der Waals surface area contributed by atoms with Gasteiger partial charge in [0.25, 0.3) is 5.56 Å². The summed E-state index contributed by atoms with van der Waals surface area (Å²) in [5.41, 5.74) is 0.105. The van der Waals surface area contributed by atoms with Gasteiger partial charge in [-0.15, -0.1) is 0 Å². The van der Waals surface area contributed by atoms with E-state index in [0.717, 1.165) is 12.8 Å². The number of H-pyrrole nitrogens is 1. The molecule has 1 aromatic heterocycles. The van der Waals surface area contributed by atoms with Gasteiger partial charge in [0.2, 0.25) is 5.91 Å². The molecule has 5 nitrogen and oxygen atoms in total. The minimum Gasteiger partial charge on any atom is -0.356 e. The number of aromatic amines is 1. The molecule has 1 amide bonds. The summed E-state index contributed by atoms with van der Waals surface area (Å²) in [6.45, 7) is 4.52. The summed E-state index contributed by atoms with van der Waals surface area (Å²) in [5.74, 6) is 0.362. The highest BCUT2D eigenvalue weighted by Gasteiger charge is 2.09. The van der Waals surface area contributed by atoms with Crippen LogP contribution >= 0.6 is 12.6 Å². The molecule has 0 aliphatic carbocycles. The summed E-state index contributed by atoms with van der Waals surface area (Å²) < 4.78 is 0. The first-order chi connectivity index (χ1) is 8.54. The minimum absolute atomic E-state index is 0.0628. The van der Waals surface area contributed by atoms with Crippen molar-refractivity contribution in [3.8, 4) is 0 Å². The zero-order valence-corrected chi connectivity index (χ0v) is 11.6. The number of rotatable bonds is 6. The molecular formula is C12H19N3O2S. The quantitative estimate of drug-likeness (QED) is 0.537. The van der Waals surface area contributed by atoms with Crippen LogP contribution in [-0.4, -0.2) is 22.4 Å². The van der Waals surface area contributed by atoms with Gasteiger partial charge in [0.05, 0.1) is 11.7 Å². The molecule has 100 valence electrons. The predicted molar refractivity (Wildman–Crippen MR) is 73.9 cm³/mol. The molecule has 1 atom stereocenters. The van der Waals surface area contributed by atoms with Crippen molar-refractivity contribution >= 4 is 18.5 Å². The molecule has 0 aliphatic rings. The molecule has 6 heteroatoms. The monoisotopic (exact) mass is 269 g/mol. The molecule has 1 rings (SSSR count). The van der Waals surface area contributed by atoms with E-state index in [2.05, 4.69) is 34.8 Å². The maximum absolute atomic E-state index is 11.7. The SMILES string of the molecule is CCCCNC(=O)Cc1cnc(C(C)S)[nH]c1=O. The third kappa shape index (κ3) is 4.52. The number of thiol groups is 1. The van der Waals surface area contributed by atoms with Gasteiger partial charge in [0, 0.05) is 18.3 Å². The average molecular weight is 269 g/mol. The summed E-state index contributed by atoms with van der Waals surface area (Å²) in [4.78, 5) is 30.0. The highest BCUT2D eigenvalue weighted by Crippen LogP contribution is 2.11. The highest BCUT2D eigenvalue weighted by atomic mass is 32.1. The molecule has 1 aromatic rings. The Labute approximate surface area is 112 Å². The van der Waals surface area contributed by atoms with E-state index in [1.54, 1.807) is 0 Å². The first-order valence-corrected chi connectivity index (χ1v) is 6.59. The van der Waals surface area contributed by atoms with E-state index in [4.69, 9.17) is 0 Å². The lowest BCUT2D eigenvalue weighted by Gasteiger charge is -2.06. The van der Waals surface area contributed by atoms with Crippen LogP contribution in [0.5, 0.6) is 0 Å². The van der Waals surface area contributed by atoms with E-state index in [1.807, 2.05) is 6.92 Å². The number of amides is 1. The van der Waals surface area contributed by atoms with Crippen molar-refractivity contribution in [2.24, 2.45) is 0 Å². The maximum atomic E-state index is 11.7. The van der Waals surface area contributed by atoms with Gasteiger partial charge in [-0.3, -0.25) is 9.59 Å². The van der Waals surface area contributed by atoms with E-state index in [1.165, 1.54) is 6.20 Å². The Morgan fingerprint density at radius 2 is 2.33 bits per heavy atom. The lowest BCUT2D eigenvalue weighted by Crippen LogP contribution is -2.29. The van der Waals surface area contributed by atoms with Gasteiger partial charge >= 0.3 is 0 Å². The second kappa shape index (κ2) is 7.20. The number of aromatic nitrogens is 2. The predicted octanol–water partition coefficient (Wildman–Crippen LogP) is 1.22. The van der Waals surface area contributed by atoms with Crippen LogP contribution < -0.4 is 10.9 Å². The van der Waals surface area contributed by atoms with Crippen LogP contribution in [-0.2, 0) is 11.2 Å². The van der Waals surface area contributed by atoms with Crippen molar-refractivity contribution in [2.75, 3.05) is 6.54 Å². The highest BCUT2D eigenvalue weighted by molar-refractivity contribution is 7.80. The van der Waals surface area contributed by atoms with Gasteiger partial charge in [-0.25, -0.2) is 4.98 Å². The first-order valence-electron chi connectivity index (χ1n) is 6.07. The number of hydrogen-bond donors (Lipinski definition) is 3. The Kier molecular flexibility index (Phi) is 5.91. The summed E-state index contributed by atoms with van der Waals surface area (Å²) in [6, 6.07) is 0. The fourth-order valence-corrected chi connectivity index (χ4v) is 1.54. The van der Waals surface area contributed by atoms with E-state index < -0.39 is 0 Å². The van der Waals surface area contributed by atoms with Gasteiger partial charge in [0.1, 0.15) is 5.82 Å². The van der Waals surface area contributed by atoms with E-state index >= 15 is 0 Å². The zero-order chi connectivity index (χ0) is 13.5. The summed E-state index contributed by atoms with van der Waals surface area (Å²) in [7, 11) is 0. The Bertz CT molecular complexity index is 457. The van der Waals surface area contributed by atoms with E-state index in [9.17, 15) is 9.59 Å². The van der Waals surface area contributed by atoms with Crippen LogP contribution in [0.1, 0.15) is 43.3 Å². The molecule has 0 fully saturated rings. The Morgan fingerprint density at radius 3 is 2.89 bits per heavy atom. The van der Waals surface area contributed by atoms with Crippen molar-refractivity contribution in [2.45, 2.75) is 38.4 Å². The Hall–Kier alpha value is -1.30. The molecule has 0 aliphatic heterocycles. The maximum Gasteiger partial charge on any atom is 0.254 e.